The number of hydrazine groups is 1. The molecule has 2 amide bonds. The monoisotopic (exact) mass is 424 g/mol. The van der Waals surface area contributed by atoms with Gasteiger partial charge >= 0.3 is 0 Å². The van der Waals surface area contributed by atoms with Crippen LogP contribution >= 0.6 is 34.2 Å². The number of halogens is 2. The minimum absolute atomic E-state index is 0.0980. The highest BCUT2D eigenvalue weighted by atomic mass is 127. The zero-order valence-electron chi connectivity index (χ0n) is 11.2. The molecule has 1 saturated heterocycles. The van der Waals surface area contributed by atoms with Crippen molar-refractivity contribution >= 4 is 57.8 Å². The van der Waals surface area contributed by atoms with Gasteiger partial charge in [0.05, 0.1) is 5.69 Å². The number of amides is 2. The van der Waals surface area contributed by atoms with Crippen molar-refractivity contribution in [2.24, 2.45) is 0 Å². The average molecular weight is 425 g/mol. The molecule has 3 rings (SSSR count). The second kappa shape index (κ2) is 6.10. The summed E-state index contributed by atoms with van der Waals surface area (Å²) >= 11 is 8.00. The van der Waals surface area contributed by atoms with Crippen LogP contribution in [0.2, 0.25) is 5.02 Å². The van der Waals surface area contributed by atoms with Crippen molar-refractivity contribution in [1.82, 2.24) is 5.43 Å². The van der Waals surface area contributed by atoms with Crippen LogP contribution in [-0.4, -0.2) is 11.8 Å². The van der Waals surface area contributed by atoms with Crippen LogP contribution in [0.5, 0.6) is 0 Å². The Morgan fingerprint density at radius 1 is 1.00 bits per heavy atom. The van der Waals surface area contributed by atoms with E-state index in [-0.39, 0.29) is 11.5 Å². The molecule has 0 bridgehead atoms. The Morgan fingerprint density at radius 2 is 1.64 bits per heavy atom. The predicted molar refractivity (Wildman–Crippen MR) is 94.2 cm³/mol. The number of carbonyl (C=O) groups excluding carboxylic acids is 2. The third-order valence-electron chi connectivity index (χ3n) is 3.16. The fourth-order valence-corrected chi connectivity index (χ4v) is 2.54. The SMILES string of the molecule is O=C1NN(c2ccc(I)cc2)C(=O)/C1=C/c1ccc(Cl)cc1. The van der Waals surface area contributed by atoms with E-state index >= 15 is 0 Å². The Hall–Kier alpha value is -1.86. The molecule has 0 saturated carbocycles. The lowest BCUT2D eigenvalue weighted by Gasteiger charge is -2.14. The van der Waals surface area contributed by atoms with Gasteiger partial charge in [-0.15, -0.1) is 0 Å². The van der Waals surface area contributed by atoms with E-state index in [2.05, 4.69) is 28.0 Å². The lowest BCUT2D eigenvalue weighted by Crippen LogP contribution is -2.35. The van der Waals surface area contributed by atoms with Gasteiger partial charge in [-0.25, -0.2) is 5.01 Å². The molecule has 0 spiro atoms. The number of nitrogens with zero attached hydrogens (tertiary/aromatic N) is 1. The molecule has 0 aliphatic carbocycles. The summed E-state index contributed by atoms with van der Waals surface area (Å²) in [5.74, 6) is -0.792. The Kier molecular flexibility index (Phi) is 4.17. The lowest BCUT2D eigenvalue weighted by molar-refractivity contribution is -0.117. The summed E-state index contributed by atoms with van der Waals surface area (Å²) in [5.41, 5.74) is 4.03. The third-order valence-corrected chi connectivity index (χ3v) is 4.13. The number of anilines is 1. The van der Waals surface area contributed by atoms with Crippen LogP contribution in [0.15, 0.2) is 54.1 Å². The second-order valence-electron chi connectivity index (χ2n) is 4.67. The van der Waals surface area contributed by atoms with Crippen LogP contribution < -0.4 is 10.4 Å². The van der Waals surface area contributed by atoms with Gasteiger partial charge in [-0.1, -0.05) is 23.7 Å². The molecule has 0 atom stereocenters. The molecule has 4 nitrogen and oxygen atoms in total. The van der Waals surface area contributed by atoms with Crippen molar-refractivity contribution in [3.8, 4) is 0 Å². The highest BCUT2D eigenvalue weighted by molar-refractivity contribution is 14.1. The summed E-state index contributed by atoms with van der Waals surface area (Å²) in [6.45, 7) is 0. The maximum Gasteiger partial charge on any atom is 0.282 e. The fraction of sp³-hybridized carbons (Fsp3) is 0. The van der Waals surface area contributed by atoms with E-state index in [1.165, 1.54) is 5.01 Å². The molecule has 1 fully saturated rings. The number of rotatable bonds is 2. The third kappa shape index (κ3) is 3.00. The molecule has 1 aliphatic rings. The van der Waals surface area contributed by atoms with E-state index in [0.29, 0.717) is 10.7 Å². The van der Waals surface area contributed by atoms with Crippen LogP contribution in [0.3, 0.4) is 0 Å². The molecule has 2 aromatic rings. The highest BCUT2D eigenvalue weighted by Crippen LogP contribution is 2.22. The molecule has 0 aromatic heterocycles. The first-order valence-electron chi connectivity index (χ1n) is 6.43. The topological polar surface area (TPSA) is 49.4 Å². The smallest absolute Gasteiger partial charge is 0.267 e. The molecule has 1 aliphatic heterocycles. The Balaban J connectivity index is 1.91. The van der Waals surface area contributed by atoms with Crippen LogP contribution in [0, 0.1) is 3.57 Å². The molecule has 1 heterocycles. The predicted octanol–water partition coefficient (Wildman–Crippen LogP) is 3.41. The van der Waals surface area contributed by atoms with Gasteiger partial charge in [0.15, 0.2) is 0 Å². The number of benzene rings is 2. The standard InChI is InChI=1S/C16H10ClIN2O2/c17-11-3-1-10(2-4-11)9-14-15(21)19-20(16(14)22)13-7-5-12(18)6-8-13/h1-9H,(H,19,21)/b14-9+. The Bertz CT molecular complexity index is 770. The van der Waals surface area contributed by atoms with Crippen molar-refractivity contribution < 1.29 is 9.59 Å². The molecule has 6 heteroatoms. The summed E-state index contributed by atoms with van der Waals surface area (Å²) in [5, 5.41) is 1.85. The summed E-state index contributed by atoms with van der Waals surface area (Å²) in [4.78, 5) is 24.5. The van der Waals surface area contributed by atoms with Gasteiger partial charge in [0.2, 0.25) is 0 Å². The molecule has 2 aromatic carbocycles. The van der Waals surface area contributed by atoms with Gasteiger partial charge in [-0.2, -0.15) is 0 Å². The highest BCUT2D eigenvalue weighted by Gasteiger charge is 2.34. The molecular formula is C16H10ClIN2O2. The van der Waals surface area contributed by atoms with Crippen molar-refractivity contribution in [2.75, 3.05) is 5.01 Å². The van der Waals surface area contributed by atoms with E-state index in [1.54, 1.807) is 42.5 Å². The first-order valence-corrected chi connectivity index (χ1v) is 7.88. The van der Waals surface area contributed by atoms with E-state index in [0.717, 1.165) is 9.13 Å². The van der Waals surface area contributed by atoms with Crippen LogP contribution in [0.1, 0.15) is 5.56 Å². The summed E-state index contributed by atoms with van der Waals surface area (Å²) < 4.78 is 1.05. The second-order valence-corrected chi connectivity index (χ2v) is 6.35. The Labute approximate surface area is 145 Å². The van der Waals surface area contributed by atoms with Gasteiger partial charge < -0.3 is 0 Å². The maximum absolute atomic E-state index is 12.4. The van der Waals surface area contributed by atoms with Crippen molar-refractivity contribution in [2.45, 2.75) is 0 Å². The maximum atomic E-state index is 12.4. The summed E-state index contributed by atoms with van der Waals surface area (Å²) in [6, 6.07) is 14.2. The van der Waals surface area contributed by atoms with Gasteiger partial charge in [-0.3, -0.25) is 15.0 Å². The van der Waals surface area contributed by atoms with Gasteiger partial charge in [0, 0.05) is 8.59 Å². The van der Waals surface area contributed by atoms with Crippen LogP contribution in [0.4, 0.5) is 5.69 Å². The van der Waals surface area contributed by atoms with Crippen molar-refractivity contribution in [3.05, 3.63) is 68.3 Å². The van der Waals surface area contributed by atoms with Gasteiger partial charge in [0.1, 0.15) is 5.57 Å². The fourth-order valence-electron chi connectivity index (χ4n) is 2.06. The normalized spacial score (nSPS) is 16.3. The van der Waals surface area contributed by atoms with Crippen molar-refractivity contribution in [3.63, 3.8) is 0 Å². The van der Waals surface area contributed by atoms with Crippen molar-refractivity contribution in [1.29, 1.82) is 0 Å². The van der Waals surface area contributed by atoms with E-state index < -0.39 is 5.91 Å². The number of carbonyl (C=O) groups is 2. The molecule has 22 heavy (non-hydrogen) atoms. The minimum Gasteiger partial charge on any atom is -0.267 e. The van der Waals surface area contributed by atoms with Crippen LogP contribution in [-0.2, 0) is 9.59 Å². The molecule has 0 radical (unpaired) electrons. The zero-order valence-corrected chi connectivity index (χ0v) is 14.1. The van der Waals surface area contributed by atoms with Gasteiger partial charge in [-0.05, 0) is 70.6 Å². The first-order chi connectivity index (χ1) is 10.5. The largest absolute Gasteiger partial charge is 0.282 e. The van der Waals surface area contributed by atoms with E-state index in [1.807, 2.05) is 12.1 Å². The first kappa shape index (κ1) is 15.1. The zero-order chi connectivity index (χ0) is 15.7. The summed E-state index contributed by atoms with van der Waals surface area (Å²) in [7, 11) is 0. The average Bonchev–Trinajstić information content (AvgIpc) is 2.78. The number of hydrogen-bond acceptors (Lipinski definition) is 2. The lowest BCUT2D eigenvalue weighted by atomic mass is 10.1. The molecule has 110 valence electrons. The quantitative estimate of drug-likeness (QED) is 0.456. The summed E-state index contributed by atoms with van der Waals surface area (Å²) in [6.07, 6.45) is 1.56. The van der Waals surface area contributed by atoms with E-state index in [4.69, 9.17) is 11.6 Å². The number of hydrogen-bond donors (Lipinski definition) is 1. The van der Waals surface area contributed by atoms with Gasteiger partial charge in [0.25, 0.3) is 11.8 Å². The Morgan fingerprint density at radius 3 is 2.27 bits per heavy atom. The molecular weight excluding hydrogens is 415 g/mol. The van der Waals surface area contributed by atoms with E-state index in [9.17, 15) is 9.59 Å². The molecule has 1 N–H and O–H groups in total. The number of nitrogens with one attached hydrogen (secondary N) is 1. The molecule has 0 unspecified atom stereocenters. The van der Waals surface area contributed by atoms with Crippen LogP contribution in [0.25, 0.3) is 6.08 Å². The minimum atomic E-state index is -0.418.